The second kappa shape index (κ2) is 5.09. The van der Waals surface area contributed by atoms with Crippen LogP contribution in [0.4, 0.5) is 0 Å². The van der Waals surface area contributed by atoms with Crippen LogP contribution < -0.4 is 5.32 Å². The fourth-order valence-electron chi connectivity index (χ4n) is 1.79. The molecule has 1 aromatic heterocycles. The number of aryl methyl sites for hydroxylation is 1. The fraction of sp³-hybridized carbons (Fsp3) is 0.727. The summed E-state index contributed by atoms with van der Waals surface area (Å²) >= 11 is 0. The maximum absolute atomic E-state index is 11.6. The van der Waals surface area contributed by atoms with Gasteiger partial charge < -0.3 is 5.32 Å². The maximum Gasteiger partial charge on any atom is 0.223 e. The standard InChI is InChI=1S/C11H18N4O/c1-8(9-4-5-9)11(16)12-6-2-3-10-13-7-14-15-10/h7-9H,2-6H2,1H3,(H,12,16)(H,13,14,15). The van der Waals surface area contributed by atoms with Gasteiger partial charge in [0.25, 0.3) is 0 Å². The average Bonchev–Trinajstić information content (AvgIpc) is 3.01. The van der Waals surface area contributed by atoms with Crippen molar-refractivity contribution in [1.29, 1.82) is 0 Å². The third-order valence-electron chi connectivity index (χ3n) is 3.10. The first-order valence-corrected chi connectivity index (χ1v) is 5.89. The predicted molar refractivity (Wildman–Crippen MR) is 59.6 cm³/mol. The van der Waals surface area contributed by atoms with Crippen LogP contribution in [0, 0.1) is 11.8 Å². The fourth-order valence-corrected chi connectivity index (χ4v) is 1.79. The number of H-pyrrole nitrogens is 1. The predicted octanol–water partition coefficient (Wildman–Crippen LogP) is 0.900. The summed E-state index contributed by atoms with van der Waals surface area (Å²) in [6.45, 7) is 2.74. The summed E-state index contributed by atoms with van der Waals surface area (Å²) in [7, 11) is 0. The zero-order valence-electron chi connectivity index (χ0n) is 9.57. The zero-order valence-corrected chi connectivity index (χ0v) is 9.57. The Morgan fingerprint density at radius 1 is 1.69 bits per heavy atom. The highest BCUT2D eigenvalue weighted by molar-refractivity contribution is 5.78. The highest BCUT2D eigenvalue weighted by Crippen LogP contribution is 2.36. The van der Waals surface area contributed by atoms with Crippen molar-refractivity contribution in [2.45, 2.75) is 32.6 Å². The van der Waals surface area contributed by atoms with E-state index in [9.17, 15) is 4.79 Å². The van der Waals surface area contributed by atoms with E-state index in [0.717, 1.165) is 25.2 Å². The normalized spacial score (nSPS) is 17.1. The molecule has 1 amide bonds. The minimum atomic E-state index is 0.185. The average molecular weight is 222 g/mol. The van der Waals surface area contributed by atoms with Gasteiger partial charge in [-0.1, -0.05) is 6.92 Å². The van der Waals surface area contributed by atoms with Crippen LogP contribution in [0.2, 0.25) is 0 Å². The van der Waals surface area contributed by atoms with Gasteiger partial charge in [-0.2, -0.15) is 5.10 Å². The molecule has 5 heteroatoms. The third-order valence-corrected chi connectivity index (χ3v) is 3.10. The Labute approximate surface area is 95.0 Å². The van der Waals surface area contributed by atoms with Crippen molar-refractivity contribution >= 4 is 5.91 Å². The molecule has 1 atom stereocenters. The Hall–Kier alpha value is -1.39. The molecule has 0 spiro atoms. The van der Waals surface area contributed by atoms with Gasteiger partial charge in [0.05, 0.1) is 0 Å². The Kier molecular flexibility index (Phi) is 3.54. The van der Waals surface area contributed by atoms with Gasteiger partial charge in [-0.3, -0.25) is 9.89 Å². The van der Waals surface area contributed by atoms with Crippen molar-refractivity contribution in [3.05, 3.63) is 12.2 Å². The molecule has 1 unspecified atom stereocenters. The number of carbonyl (C=O) groups excluding carboxylic acids is 1. The molecule has 2 N–H and O–H groups in total. The van der Waals surface area contributed by atoms with E-state index in [-0.39, 0.29) is 11.8 Å². The molecule has 0 aromatic carbocycles. The summed E-state index contributed by atoms with van der Waals surface area (Å²) in [5.74, 6) is 1.89. The number of hydrogen-bond acceptors (Lipinski definition) is 3. The van der Waals surface area contributed by atoms with Gasteiger partial charge in [0.2, 0.25) is 5.91 Å². The highest BCUT2D eigenvalue weighted by Gasteiger charge is 2.32. The summed E-state index contributed by atoms with van der Waals surface area (Å²) in [4.78, 5) is 15.7. The van der Waals surface area contributed by atoms with Crippen LogP contribution >= 0.6 is 0 Å². The van der Waals surface area contributed by atoms with Crippen LogP contribution in [-0.4, -0.2) is 27.6 Å². The first-order chi connectivity index (χ1) is 7.77. The van der Waals surface area contributed by atoms with Gasteiger partial charge in [0, 0.05) is 18.9 Å². The molecule has 1 aromatic rings. The molecular formula is C11H18N4O. The minimum absolute atomic E-state index is 0.185. The van der Waals surface area contributed by atoms with Gasteiger partial charge in [0.15, 0.2) is 0 Å². The molecule has 1 fully saturated rings. The number of nitrogens with zero attached hydrogens (tertiary/aromatic N) is 2. The van der Waals surface area contributed by atoms with Gasteiger partial charge in [-0.15, -0.1) is 0 Å². The van der Waals surface area contributed by atoms with Crippen LogP contribution in [0.5, 0.6) is 0 Å². The number of aromatic amines is 1. The summed E-state index contributed by atoms with van der Waals surface area (Å²) in [6, 6.07) is 0. The molecule has 0 aliphatic heterocycles. The van der Waals surface area contributed by atoms with E-state index in [1.165, 1.54) is 19.2 Å². The van der Waals surface area contributed by atoms with Gasteiger partial charge in [-0.05, 0) is 25.2 Å². The number of rotatable bonds is 6. The lowest BCUT2D eigenvalue weighted by molar-refractivity contribution is -0.125. The van der Waals surface area contributed by atoms with E-state index in [2.05, 4.69) is 20.5 Å². The van der Waals surface area contributed by atoms with Crippen LogP contribution in [0.3, 0.4) is 0 Å². The summed E-state index contributed by atoms with van der Waals surface area (Å²) in [6.07, 6.45) is 5.67. The van der Waals surface area contributed by atoms with Gasteiger partial charge >= 0.3 is 0 Å². The quantitative estimate of drug-likeness (QED) is 0.702. The molecule has 1 aliphatic rings. The van der Waals surface area contributed by atoms with Crippen molar-refractivity contribution in [3.8, 4) is 0 Å². The Morgan fingerprint density at radius 2 is 2.50 bits per heavy atom. The van der Waals surface area contributed by atoms with Crippen molar-refractivity contribution in [2.24, 2.45) is 11.8 Å². The summed E-state index contributed by atoms with van der Waals surface area (Å²) < 4.78 is 0. The van der Waals surface area contributed by atoms with Crippen LogP contribution in [0.15, 0.2) is 6.33 Å². The van der Waals surface area contributed by atoms with E-state index >= 15 is 0 Å². The van der Waals surface area contributed by atoms with Crippen molar-refractivity contribution < 1.29 is 4.79 Å². The molecular weight excluding hydrogens is 204 g/mol. The maximum atomic E-state index is 11.6. The number of carbonyl (C=O) groups is 1. The lowest BCUT2D eigenvalue weighted by Crippen LogP contribution is -2.31. The third kappa shape index (κ3) is 3.05. The Bertz CT molecular complexity index is 332. The molecule has 1 aliphatic carbocycles. The lowest BCUT2D eigenvalue weighted by Gasteiger charge is -2.10. The van der Waals surface area contributed by atoms with E-state index < -0.39 is 0 Å². The second-order valence-corrected chi connectivity index (χ2v) is 4.45. The van der Waals surface area contributed by atoms with Crippen molar-refractivity contribution in [1.82, 2.24) is 20.5 Å². The van der Waals surface area contributed by atoms with E-state index in [4.69, 9.17) is 0 Å². The lowest BCUT2D eigenvalue weighted by atomic mass is 10.1. The highest BCUT2D eigenvalue weighted by atomic mass is 16.1. The number of amides is 1. The zero-order chi connectivity index (χ0) is 11.4. The summed E-state index contributed by atoms with van der Waals surface area (Å²) in [5, 5.41) is 9.54. The Balaban J connectivity index is 1.58. The molecule has 0 saturated heterocycles. The largest absolute Gasteiger partial charge is 0.356 e. The van der Waals surface area contributed by atoms with E-state index in [0.29, 0.717) is 5.92 Å². The van der Waals surface area contributed by atoms with Crippen molar-refractivity contribution in [2.75, 3.05) is 6.54 Å². The molecule has 5 nitrogen and oxygen atoms in total. The molecule has 16 heavy (non-hydrogen) atoms. The van der Waals surface area contributed by atoms with Crippen LogP contribution in [0.25, 0.3) is 0 Å². The van der Waals surface area contributed by atoms with Gasteiger partial charge in [-0.25, -0.2) is 4.98 Å². The molecule has 0 bridgehead atoms. The molecule has 2 rings (SSSR count). The topological polar surface area (TPSA) is 70.7 Å². The molecule has 88 valence electrons. The minimum Gasteiger partial charge on any atom is -0.356 e. The first-order valence-electron chi connectivity index (χ1n) is 5.89. The molecule has 0 radical (unpaired) electrons. The molecule has 1 saturated carbocycles. The van der Waals surface area contributed by atoms with E-state index in [1.54, 1.807) is 0 Å². The SMILES string of the molecule is CC(C(=O)NCCCc1ncn[nH]1)C1CC1. The molecule has 1 heterocycles. The number of hydrogen-bond donors (Lipinski definition) is 2. The van der Waals surface area contributed by atoms with Gasteiger partial charge in [0.1, 0.15) is 12.2 Å². The Morgan fingerprint density at radius 3 is 3.12 bits per heavy atom. The summed E-state index contributed by atoms with van der Waals surface area (Å²) in [5.41, 5.74) is 0. The monoisotopic (exact) mass is 222 g/mol. The first kappa shape index (κ1) is 11.1. The second-order valence-electron chi connectivity index (χ2n) is 4.45. The number of aromatic nitrogens is 3. The number of nitrogens with one attached hydrogen (secondary N) is 2. The van der Waals surface area contributed by atoms with Crippen molar-refractivity contribution in [3.63, 3.8) is 0 Å². The van der Waals surface area contributed by atoms with Crippen LogP contribution in [0.1, 0.15) is 32.0 Å². The smallest absolute Gasteiger partial charge is 0.223 e. The van der Waals surface area contributed by atoms with E-state index in [1.807, 2.05) is 6.92 Å². The van der Waals surface area contributed by atoms with Crippen LogP contribution in [-0.2, 0) is 11.2 Å².